The molecule has 0 saturated heterocycles. The highest BCUT2D eigenvalue weighted by Crippen LogP contribution is 2.18. The van der Waals surface area contributed by atoms with E-state index in [1.54, 1.807) is 0 Å². The molecule has 0 radical (unpaired) electrons. The molecule has 1 aromatic heterocycles. The molecule has 114 valence electrons. The first-order chi connectivity index (χ1) is 11.3. The Kier molecular flexibility index (Phi) is 4.04. The summed E-state index contributed by atoms with van der Waals surface area (Å²) in [5, 5.41) is 7.22. The van der Waals surface area contributed by atoms with Crippen molar-refractivity contribution in [2.45, 2.75) is 19.4 Å². The van der Waals surface area contributed by atoms with Crippen molar-refractivity contribution in [3.8, 4) is 0 Å². The number of aromatic nitrogens is 1. The molecule has 23 heavy (non-hydrogen) atoms. The van der Waals surface area contributed by atoms with Crippen LogP contribution >= 0.6 is 22.6 Å². The summed E-state index contributed by atoms with van der Waals surface area (Å²) >= 11 is 2.36. The van der Waals surface area contributed by atoms with Gasteiger partial charge in [0.05, 0.1) is 16.6 Å². The lowest BCUT2D eigenvalue weighted by Gasteiger charge is -2.13. The zero-order valence-electron chi connectivity index (χ0n) is 12.7. The van der Waals surface area contributed by atoms with Crippen LogP contribution < -0.4 is 15.9 Å². The summed E-state index contributed by atoms with van der Waals surface area (Å²) in [5.74, 6) is 0. The molecule has 2 nitrogen and oxygen atoms in total. The Hall–Kier alpha value is -1.88. The van der Waals surface area contributed by atoms with Gasteiger partial charge in [0.2, 0.25) is 0 Å². The number of pyridine rings is 1. The van der Waals surface area contributed by atoms with Gasteiger partial charge in [0.25, 0.3) is 0 Å². The number of benzene rings is 2. The van der Waals surface area contributed by atoms with Gasteiger partial charge in [-0.1, -0.05) is 42.5 Å². The molecule has 1 aliphatic rings. The molecule has 0 spiro atoms. The molecule has 4 rings (SSSR count). The minimum absolute atomic E-state index is 0.825. The van der Waals surface area contributed by atoms with Crippen LogP contribution in [0.2, 0.25) is 0 Å². The third kappa shape index (κ3) is 2.98. The molecule has 0 fully saturated rings. The van der Waals surface area contributed by atoms with Crippen molar-refractivity contribution in [1.29, 1.82) is 0 Å². The number of nitrogens with one attached hydrogen (secondary N) is 1. The van der Waals surface area contributed by atoms with Gasteiger partial charge in [0.1, 0.15) is 0 Å². The second-order valence-electron chi connectivity index (χ2n) is 5.77. The largest absolute Gasteiger partial charge is 0.380 e. The van der Waals surface area contributed by atoms with Gasteiger partial charge in [-0.2, -0.15) is 0 Å². The number of hydrogen-bond acceptors (Lipinski definition) is 2. The summed E-state index contributed by atoms with van der Waals surface area (Å²) < 4.78 is 1.27. The number of para-hydroxylation sites is 1. The van der Waals surface area contributed by atoms with E-state index in [1.807, 2.05) is 0 Å². The second-order valence-corrected chi connectivity index (χ2v) is 7.02. The molecule has 0 unspecified atom stereocenters. The number of rotatable bonds is 3. The first kappa shape index (κ1) is 14.7. The lowest BCUT2D eigenvalue weighted by molar-refractivity contribution is 1.08. The first-order valence-electron chi connectivity index (χ1n) is 7.89. The van der Waals surface area contributed by atoms with Crippen molar-refractivity contribution in [3.05, 3.63) is 68.2 Å². The van der Waals surface area contributed by atoms with Gasteiger partial charge in [-0.3, -0.25) is 0 Å². The zero-order valence-corrected chi connectivity index (χ0v) is 14.9. The molecule has 1 N–H and O–H groups in total. The fourth-order valence-corrected chi connectivity index (χ4v) is 3.69. The van der Waals surface area contributed by atoms with Gasteiger partial charge in [0.15, 0.2) is 0 Å². The van der Waals surface area contributed by atoms with E-state index in [4.69, 9.17) is 4.98 Å². The second kappa shape index (κ2) is 6.32. The summed E-state index contributed by atoms with van der Waals surface area (Å²) in [6, 6.07) is 17.0. The maximum atomic E-state index is 4.82. The van der Waals surface area contributed by atoms with Gasteiger partial charge < -0.3 is 5.32 Å². The van der Waals surface area contributed by atoms with E-state index in [1.165, 1.54) is 25.4 Å². The highest BCUT2D eigenvalue weighted by atomic mass is 127. The van der Waals surface area contributed by atoms with E-state index in [9.17, 15) is 0 Å². The number of anilines is 1. The maximum absolute atomic E-state index is 4.82. The molecular weight excluding hydrogens is 395 g/mol. The van der Waals surface area contributed by atoms with E-state index in [0.717, 1.165) is 30.3 Å². The molecule has 2 aromatic carbocycles. The van der Waals surface area contributed by atoms with E-state index in [2.05, 4.69) is 88.6 Å². The molecule has 0 aliphatic heterocycles. The van der Waals surface area contributed by atoms with Crippen LogP contribution in [-0.4, -0.2) is 4.98 Å². The fraction of sp³-hybridized carbons (Fsp3) is 0.150. The average Bonchev–Trinajstić information content (AvgIpc) is 2.58. The standard InChI is InChI=1S/C20H17IN2/c21-15-7-5-6-14(12-15)13-22-20-16-8-1-3-10-18(16)23-19-11-4-2-9-17(19)20/h1,3,5-12,22H,2,4,13H2. The van der Waals surface area contributed by atoms with Crippen molar-refractivity contribution in [1.82, 2.24) is 4.98 Å². The minimum Gasteiger partial charge on any atom is -0.380 e. The Morgan fingerprint density at radius 2 is 1.87 bits per heavy atom. The highest BCUT2D eigenvalue weighted by Gasteiger charge is 2.08. The van der Waals surface area contributed by atoms with Crippen LogP contribution in [0.25, 0.3) is 23.1 Å². The van der Waals surface area contributed by atoms with Crippen LogP contribution in [0.1, 0.15) is 18.4 Å². The molecule has 3 aromatic rings. The van der Waals surface area contributed by atoms with Crippen LogP contribution in [-0.2, 0) is 6.54 Å². The SMILES string of the molecule is Ic1cccc(CNc2c3c(nc4ccccc24)=CCCC=3)c1. The van der Waals surface area contributed by atoms with Crippen LogP contribution in [0.5, 0.6) is 0 Å². The monoisotopic (exact) mass is 412 g/mol. The Morgan fingerprint density at radius 1 is 1.00 bits per heavy atom. The smallest absolute Gasteiger partial charge is 0.0730 e. The number of halogens is 1. The van der Waals surface area contributed by atoms with Crippen molar-refractivity contribution >= 4 is 51.3 Å². The van der Waals surface area contributed by atoms with Gasteiger partial charge in [-0.25, -0.2) is 4.98 Å². The predicted molar refractivity (Wildman–Crippen MR) is 106 cm³/mol. The average molecular weight is 412 g/mol. The molecule has 1 aliphatic carbocycles. The van der Waals surface area contributed by atoms with Crippen molar-refractivity contribution in [2.75, 3.05) is 5.32 Å². The predicted octanol–water partition coefficient (Wildman–Crippen LogP) is 3.81. The zero-order chi connectivity index (χ0) is 15.6. The lowest BCUT2D eigenvalue weighted by Crippen LogP contribution is -2.33. The van der Waals surface area contributed by atoms with Crippen LogP contribution in [0, 0.1) is 3.57 Å². The van der Waals surface area contributed by atoms with Crippen LogP contribution in [0.15, 0.2) is 48.5 Å². The highest BCUT2D eigenvalue weighted by molar-refractivity contribution is 14.1. The van der Waals surface area contributed by atoms with Crippen molar-refractivity contribution < 1.29 is 0 Å². The molecule has 0 atom stereocenters. The molecule has 1 heterocycles. The summed E-state index contributed by atoms with van der Waals surface area (Å²) in [6.07, 6.45) is 6.73. The third-order valence-corrected chi connectivity index (χ3v) is 4.84. The van der Waals surface area contributed by atoms with Gasteiger partial charge in [0, 0.05) is 20.7 Å². The lowest BCUT2D eigenvalue weighted by atomic mass is 10.1. The summed E-state index contributed by atoms with van der Waals surface area (Å²) in [7, 11) is 0. The van der Waals surface area contributed by atoms with Crippen molar-refractivity contribution in [3.63, 3.8) is 0 Å². The Bertz CT molecular complexity index is 992. The molecular formula is C20H17IN2. The van der Waals surface area contributed by atoms with Gasteiger partial charge >= 0.3 is 0 Å². The van der Waals surface area contributed by atoms with Crippen LogP contribution in [0.4, 0.5) is 5.69 Å². The van der Waals surface area contributed by atoms with Crippen LogP contribution in [0.3, 0.4) is 0 Å². The third-order valence-electron chi connectivity index (χ3n) is 4.17. The minimum atomic E-state index is 0.825. The van der Waals surface area contributed by atoms with E-state index in [-0.39, 0.29) is 0 Å². The van der Waals surface area contributed by atoms with E-state index >= 15 is 0 Å². The molecule has 0 saturated carbocycles. The first-order valence-corrected chi connectivity index (χ1v) is 8.96. The number of hydrogen-bond donors (Lipinski definition) is 1. The molecule has 0 amide bonds. The van der Waals surface area contributed by atoms with E-state index < -0.39 is 0 Å². The fourth-order valence-electron chi connectivity index (χ4n) is 3.08. The molecule has 3 heteroatoms. The van der Waals surface area contributed by atoms with Crippen molar-refractivity contribution in [2.24, 2.45) is 0 Å². The Morgan fingerprint density at radius 3 is 2.78 bits per heavy atom. The summed E-state index contributed by atoms with van der Waals surface area (Å²) in [4.78, 5) is 4.82. The van der Waals surface area contributed by atoms with E-state index in [0.29, 0.717) is 0 Å². The van der Waals surface area contributed by atoms with Gasteiger partial charge in [-0.05, 0) is 59.2 Å². The number of fused-ring (bicyclic) bond motifs is 2. The van der Waals surface area contributed by atoms with Gasteiger partial charge in [-0.15, -0.1) is 0 Å². The summed E-state index contributed by atoms with van der Waals surface area (Å²) in [5.41, 5.74) is 3.56. The molecule has 0 bridgehead atoms. The number of nitrogens with zero attached hydrogens (tertiary/aromatic N) is 1. The maximum Gasteiger partial charge on any atom is 0.0730 e. The topological polar surface area (TPSA) is 24.9 Å². The Balaban J connectivity index is 1.82. The Labute approximate surface area is 149 Å². The summed E-state index contributed by atoms with van der Waals surface area (Å²) in [6.45, 7) is 0.825. The normalized spacial score (nSPS) is 13.1. The quantitative estimate of drug-likeness (QED) is 0.662.